The fraction of sp³-hybridized carbons (Fsp3) is 0.389. The second-order valence-corrected chi connectivity index (χ2v) is 6.73. The SMILES string of the molecule is CCc1ccc(-c2cc(S(C)=O)c(CO)c(C)n2)c(CC)c1. The molecule has 1 unspecified atom stereocenters. The molecule has 0 saturated carbocycles. The molecule has 3 nitrogen and oxygen atoms in total. The molecule has 0 aliphatic carbocycles. The average molecular weight is 317 g/mol. The van der Waals surface area contributed by atoms with E-state index in [0.717, 1.165) is 29.8 Å². The number of hydrogen-bond acceptors (Lipinski definition) is 3. The van der Waals surface area contributed by atoms with Gasteiger partial charge < -0.3 is 5.11 Å². The van der Waals surface area contributed by atoms with Crippen molar-refractivity contribution in [1.29, 1.82) is 0 Å². The first-order valence-corrected chi connectivity index (χ1v) is 9.14. The fourth-order valence-corrected chi connectivity index (χ4v) is 3.50. The minimum atomic E-state index is -1.15. The van der Waals surface area contributed by atoms with Crippen LogP contribution < -0.4 is 0 Å². The van der Waals surface area contributed by atoms with E-state index in [2.05, 4.69) is 37.0 Å². The summed E-state index contributed by atoms with van der Waals surface area (Å²) in [7, 11) is -1.15. The first-order valence-electron chi connectivity index (χ1n) is 7.58. The van der Waals surface area contributed by atoms with Gasteiger partial charge in [-0.1, -0.05) is 32.0 Å². The second kappa shape index (κ2) is 7.16. The summed E-state index contributed by atoms with van der Waals surface area (Å²) in [5, 5.41) is 9.50. The summed E-state index contributed by atoms with van der Waals surface area (Å²) in [6, 6.07) is 8.29. The third-order valence-electron chi connectivity index (χ3n) is 3.99. The van der Waals surface area contributed by atoms with Crippen LogP contribution in [0.3, 0.4) is 0 Å². The van der Waals surface area contributed by atoms with Gasteiger partial charge in [-0.2, -0.15) is 0 Å². The van der Waals surface area contributed by atoms with Crippen LogP contribution in [0.5, 0.6) is 0 Å². The van der Waals surface area contributed by atoms with Gasteiger partial charge in [0.2, 0.25) is 0 Å². The van der Waals surface area contributed by atoms with Crippen molar-refractivity contribution in [3.8, 4) is 11.3 Å². The Balaban J connectivity index is 2.65. The lowest BCUT2D eigenvalue weighted by molar-refractivity contribution is 0.277. The molecule has 0 spiro atoms. The number of nitrogens with zero attached hydrogens (tertiary/aromatic N) is 1. The Hall–Kier alpha value is -1.52. The van der Waals surface area contributed by atoms with Crippen molar-refractivity contribution in [2.75, 3.05) is 6.26 Å². The highest BCUT2D eigenvalue weighted by molar-refractivity contribution is 7.84. The lowest BCUT2D eigenvalue weighted by Crippen LogP contribution is -2.04. The Morgan fingerprint density at radius 2 is 1.91 bits per heavy atom. The Morgan fingerprint density at radius 3 is 2.45 bits per heavy atom. The zero-order chi connectivity index (χ0) is 16.3. The van der Waals surface area contributed by atoms with Gasteiger partial charge in [0, 0.05) is 28.0 Å². The summed E-state index contributed by atoms with van der Waals surface area (Å²) in [4.78, 5) is 5.30. The predicted molar refractivity (Wildman–Crippen MR) is 91.4 cm³/mol. The molecule has 0 fully saturated rings. The molecule has 2 aromatic rings. The molecule has 1 aromatic heterocycles. The van der Waals surface area contributed by atoms with E-state index < -0.39 is 10.8 Å². The van der Waals surface area contributed by atoms with E-state index in [1.54, 1.807) is 6.26 Å². The Kier molecular flexibility index (Phi) is 5.48. The first kappa shape index (κ1) is 16.8. The summed E-state index contributed by atoms with van der Waals surface area (Å²) in [6.45, 7) is 6.00. The third kappa shape index (κ3) is 3.28. The van der Waals surface area contributed by atoms with Crippen LogP contribution in [0.15, 0.2) is 29.2 Å². The van der Waals surface area contributed by atoms with Gasteiger partial charge in [0.1, 0.15) is 0 Å². The number of benzene rings is 1. The van der Waals surface area contributed by atoms with Crippen LogP contribution in [-0.4, -0.2) is 20.6 Å². The summed E-state index contributed by atoms with van der Waals surface area (Å²) in [5.74, 6) is 0. The van der Waals surface area contributed by atoms with Crippen molar-refractivity contribution in [2.24, 2.45) is 0 Å². The molecule has 0 amide bonds. The van der Waals surface area contributed by atoms with Crippen LogP contribution in [0.25, 0.3) is 11.3 Å². The highest BCUT2D eigenvalue weighted by Crippen LogP contribution is 2.28. The molecule has 1 aromatic carbocycles. The number of pyridine rings is 1. The van der Waals surface area contributed by atoms with Gasteiger partial charge in [0.15, 0.2) is 0 Å². The number of aromatic nitrogens is 1. The molecule has 4 heteroatoms. The summed E-state index contributed by atoms with van der Waals surface area (Å²) in [6.07, 6.45) is 3.57. The predicted octanol–water partition coefficient (Wildman–Crippen LogP) is 3.41. The number of aryl methyl sites for hydroxylation is 3. The number of aliphatic hydroxyl groups excluding tert-OH is 1. The highest BCUT2D eigenvalue weighted by Gasteiger charge is 2.14. The van der Waals surface area contributed by atoms with Gasteiger partial charge in [-0.25, -0.2) is 0 Å². The highest BCUT2D eigenvalue weighted by atomic mass is 32.2. The summed E-state index contributed by atoms with van der Waals surface area (Å²) >= 11 is 0. The van der Waals surface area contributed by atoms with E-state index in [1.165, 1.54) is 11.1 Å². The van der Waals surface area contributed by atoms with Gasteiger partial charge in [0.25, 0.3) is 0 Å². The lowest BCUT2D eigenvalue weighted by Gasteiger charge is -2.14. The molecule has 0 radical (unpaired) electrons. The van der Waals surface area contributed by atoms with E-state index in [1.807, 2.05) is 13.0 Å². The molecule has 22 heavy (non-hydrogen) atoms. The molecule has 1 heterocycles. The molecule has 0 aliphatic rings. The molecule has 1 atom stereocenters. The molecule has 0 aliphatic heterocycles. The minimum absolute atomic E-state index is 0.135. The van der Waals surface area contributed by atoms with Crippen molar-refractivity contribution < 1.29 is 9.32 Å². The standard InChI is InChI=1S/C18H23NO2S/c1-5-13-7-8-15(14(6-2)9-13)17-10-18(22(4)21)16(11-20)12(3)19-17/h7-10,20H,5-6,11H2,1-4H3. The Labute approximate surface area is 134 Å². The number of hydrogen-bond donors (Lipinski definition) is 1. The molecule has 0 saturated heterocycles. The van der Waals surface area contributed by atoms with Crippen LogP contribution in [0.4, 0.5) is 0 Å². The normalized spacial score (nSPS) is 12.4. The van der Waals surface area contributed by atoms with Crippen molar-refractivity contribution in [3.05, 3.63) is 46.6 Å². The van der Waals surface area contributed by atoms with E-state index in [0.29, 0.717) is 10.5 Å². The van der Waals surface area contributed by atoms with Crippen molar-refractivity contribution >= 4 is 10.8 Å². The van der Waals surface area contributed by atoms with Crippen molar-refractivity contribution in [1.82, 2.24) is 4.98 Å². The van der Waals surface area contributed by atoms with Gasteiger partial charge in [-0.15, -0.1) is 0 Å². The minimum Gasteiger partial charge on any atom is -0.392 e. The summed E-state index contributed by atoms with van der Waals surface area (Å²) in [5.41, 5.74) is 5.89. The van der Waals surface area contributed by atoms with Crippen LogP contribution in [0.1, 0.15) is 36.2 Å². The molecule has 0 bridgehead atoms. The van der Waals surface area contributed by atoms with E-state index in [-0.39, 0.29) is 6.61 Å². The second-order valence-electron chi connectivity index (χ2n) is 5.38. The van der Waals surface area contributed by atoms with Crippen LogP contribution >= 0.6 is 0 Å². The maximum absolute atomic E-state index is 12.0. The average Bonchev–Trinajstić information content (AvgIpc) is 2.53. The largest absolute Gasteiger partial charge is 0.392 e. The van der Waals surface area contributed by atoms with Crippen LogP contribution in [-0.2, 0) is 30.2 Å². The van der Waals surface area contributed by atoms with Gasteiger partial charge in [-0.3, -0.25) is 9.19 Å². The smallest absolute Gasteiger partial charge is 0.0720 e. The fourth-order valence-electron chi connectivity index (χ4n) is 2.67. The first-order chi connectivity index (χ1) is 10.5. The third-order valence-corrected chi connectivity index (χ3v) is 4.98. The molecule has 118 valence electrons. The molecular formula is C18H23NO2S. The van der Waals surface area contributed by atoms with Crippen molar-refractivity contribution in [3.63, 3.8) is 0 Å². The summed E-state index contributed by atoms with van der Waals surface area (Å²) < 4.78 is 12.0. The Morgan fingerprint density at radius 1 is 1.18 bits per heavy atom. The zero-order valence-electron chi connectivity index (χ0n) is 13.6. The molecule has 1 N–H and O–H groups in total. The quantitative estimate of drug-likeness (QED) is 0.919. The van der Waals surface area contributed by atoms with Gasteiger partial charge in [-0.05, 0) is 37.0 Å². The van der Waals surface area contributed by atoms with Gasteiger partial charge in [0.05, 0.1) is 23.1 Å². The van der Waals surface area contributed by atoms with E-state index in [9.17, 15) is 9.32 Å². The topological polar surface area (TPSA) is 50.2 Å². The number of rotatable bonds is 5. The maximum atomic E-state index is 12.0. The van der Waals surface area contributed by atoms with Crippen LogP contribution in [0, 0.1) is 6.92 Å². The molecule has 2 rings (SSSR count). The maximum Gasteiger partial charge on any atom is 0.0720 e. The van der Waals surface area contributed by atoms with Crippen molar-refractivity contribution in [2.45, 2.75) is 45.1 Å². The van der Waals surface area contributed by atoms with E-state index in [4.69, 9.17) is 0 Å². The van der Waals surface area contributed by atoms with E-state index >= 15 is 0 Å². The Bertz CT molecular complexity index is 710. The zero-order valence-corrected chi connectivity index (χ0v) is 14.5. The molecular weight excluding hydrogens is 294 g/mol. The monoisotopic (exact) mass is 317 g/mol. The lowest BCUT2D eigenvalue weighted by atomic mass is 9.97. The number of aliphatic hydroxyl groups is 1. The van der Waals surface area contributed by atoms with Gasteiger partial charge >= 0.3 is 0 Å². The van der Waals surface area contributed by atoms with Crippen LogP contribution in [0.2, 0.25) is 0 Å².